The number of aliphatic hydroxyl groups is 4. The van der Waals surface area contributed by atoms with Gasteiger partial charge in [0.25, 0.3) is 0 Å². The molecule has 9 N–H and O–H groups in total. The van der Waals surface area contributed by atoms with Crippen LogP contribution in [0.5, 0.6) is 0 Å². The van der Waals surface area contributed by atoms with Crippen molar-refractivity contribution in [2.75, 3.05) is 61.2 Å². The molecule has 0 aliphatic carbocycles. The lowest BCUT2D eigenvalue weighted by molar-refractivity contribution is 0.281. The van der Waals surface area contributed by atoms with E-state index < -0.39 is 0 Å². The Hall–Kier alpha value is -2.52. The van der Waals surface area contributed by atoms with Gasteiger partial charge in [0.2, 0.25) is 0 Å². The average molecular weight is 405 g/mol. The first kappa shape index (κ1) is 22.8. The molecule has 0 saturated heterocycles. The molecule has 8 heteroatoms. The highest BCUT2D eigenvalue weighted by atomic mass is 16.3. The molecule has 8 nitrogen and oxygen atoms in total. The van der Waals surface area contributed by atoms with Crippen molar-refractivity contribution in [2.24, 2.45) is 0 Å². The van der Waals surface area contributed by atoms with E-state index in [1.54, 1.807) is 6.07 Å². The summed E-state index contributed by atoms with van der Waals surface area (Å²) in [6.07, 6.45) is 0.795. The predicted molar refractivity (Wildman–Crippen MR) is 117 cm³/mol. The second-order valence-electron chi connectivity index (χ2n) is 6.78. The highest BCUT2D eigenvalue weighted by Crippen LogP contribution is 2.30. The molecule has 0 aromatic heterocycles. The van der Waals surface area contributed by atoms with E-state index in [2.05, 4.69) is 5.32 Å². The molecule has 0 bridgehead atoms. The lowest BCUT2D eigenvalue weighted by Gasteiger charge is -2.24. The highest BCUT2D eigenvalue weighted by Gasteiger charge is 2.15. The highest BCUT2D eigenvalue weighted by molar-refractivity contribution is 5.68. The number of nitrogen functional groups attached to an aromatic ring is 2. The third-order valence-corrected chi connectivity index (χ3v) is 4.88. The van der Waals surface area contributed by atoms with E-state index in [-0.39, 0.29) is 26.4 Å². The van der Waals surface area contributed by atoms with E-state index in [0.717, 1.165) is 28.1 Å². The largest absolute Gasteiger partial charge is 0.398 e. The zero-order valence-electron chi connectivity index (χ0n) is 16.6. The fourth-order valence-electron chi connectivity index (χ4n) is 3.43. The molecule has 0 aliphatic rings. The van der Waals surface area contributed by atoms with Crippen LogP contribution in [-0.4, -0.2) is 59.9 Å². The number of hydrogen-bond donors (Lipinski definition) is 7. The van der Waals surface area contributed by atoms with Gasteiger partial charge in [0, 0.05) is 55.6 Å². The minimum Gasteiger partial charge on any atom is -0.398 e. The van der Waals surface area contributed by atoms with Crippen LogP contribution in [0.4, 0.5) is 22.7 Å². The van der Waals surface area contributed by atoms with Crippen molar-refractivity contribution in [1.82, 2.24) is 0 Å². The standard InChI is InChI=1S/C21H32N4O4/c22-20-12-15(4-8-26)21(23)18(5-9-27)19(20)14-24-16-2-1-3-17(13-16)25(6-10-28)7-11-29/h1-3,12-13,24,26-29H,4-11,14,22-23H2. The Morgan fingerprint density at radius 1 is 0.828 bits per heavy atom. The number of nitrogens with one attached hydrogen (secondary N) is 1. The van der Waals surface area contributed by atoms with E-state index in [9.17, 15) is 20.4 Å². The first-order valence-electron chi connectivity index (χ1n) is 9.76. The van der Waals surface area contributed by atoms with E-state index in [1.165, 1.54) is 0 Å². The molecule has 0 fully saturated rings. The first-order valence-corrected chi connectivity index (χ1v) is 9.76. The van der Waals surface area contributed by atoms with Crippen LogP contribution in [0.15, 0.2) is 30.3 Å². The second kappa shape index (κ2) is 11.5. The van der Waals surface area contributed by atoms with Gasteiger partial charge in [-0.1, -0.05) is 6.07 Å². The molecule has 0 atom stereocenters. The second-order valence-corrected chi connectivity index (χ2v) is 6.78. The van der Waals surface area contributed by atoms with Gasteiger partial charge in [0.15, 0.2) is 0 Å². The molecule has 2 rings (SSSR count). The van der Waals surface area contributed by atoms with Crippen LogP contribution >= 0.6 is 0 Å². The summed E-state index contributed by atoms with van der Waals surface area (Å²) in [5, 5.41) is 40.5. The normalized spacial score (nSPS) is 10.9. The van der Waals surface area contributed by atoms with Crippen LogP contribution < -0.4 is 21.7 Å². The maximum atomic E-state index is 9.45. The Morgan fingerprint density at radius 3 is 2.14 bits per heavy atom. The maximum Gasteiger partial charge on any atom is 0.0606 e. The summed E-state index contributed by atoms with van der Waals surface area (Å²) in [5.41, 5.74) is 17.8. The monoisotopic (exact) mass is 404 g/mol. The molecule has 2 aromatic carbocycles. The SMILES string of the molecule is Nc1cc(CCO)c(N)c(CCO)c1CNc1cccc(N(CCO)CCO)c1. The topological polar surface area (TPSA) is 148 Å². The van der Waals surface area contributed by atoms with Crippen LogP contribution in [0.25, 0.3) is 0 Å². The molecule has 0 unspecified atom stereocenters. The van der Waals surface area contributed by atoms with Gasteiger partial charge < -0.3 is 42.1 Å². The minimum atomic E-state index is -0.0496. The van der Waals surface area contributed by atoms with Crippen molar-refractivity contribution in [2.45, 2.75) is 19.4 Å². The van der Waals surface area contributed by atoms with Crippen LogP contribution in [0.3, 0.4) is 0 Å². The van der Waals surface area contributed by atoms with Crippen LogP contribution in [0.2, 0.25) is 0 Å². The molecular weight excluding hydrogens is 372 g/mol. The lowest BCUT2D eigenvalue weighted by Crippen LogP contribution is -2.29. The van der Waals surface area contributed by atoms with Crippen molar-refractivity contribution in [3.05, 3.63) is 47.0 Å². The fraction of sp³-hybridized carbons (Fsp3) is 0.429. The van der Waals surface area contributed by atoms with Crippen LogP contribution in [0, 0.1) is 0 Å². The average Bonchev–Trinajstić information content (AvgIpc) is 2.71. The summed E-state index contributed by atoms with van der Waals surface area (Å²) >= 11 is 0. The van der Waals surface area contributed by atoms with E-state index >= 15 is 0 Å². The number of anilines is 4. The summed E-state index contributed by atoms with van der Waals surface area (Å²) in [6.45, 7) is 1.21. The molecule has 0 aliphatic heterocycles. The summed E-state index contributed by atoms with van der Waals surface area (Å²) < 4.78 is 0. The molecule has 160 valence electrons. The summed E-state index contributed by atoms with van der Waals surface area (Å²) in [7, 11) is 0. The lowest BCUT2D eigenvalue weighted by atomic mass is 9.95. The van der Waals surface area contributed by atoms with Gasteiger partial charge in [-0.3, -0.25) is 0 Å². The van der Waals surface area contributed by atoms with Gasteiger partial charge in [-0.05, 0) is 53.8 Å². The van der Waals surface area contributed by atoms with Crippen LogP contribution in [0.1, 0.15) is 16.7 Å². The maximum absolute atomic E-state index is 9.45. The third-order valence-electron chi connectivity index (χ3n) is 4.88. The zero-order valence-corrected chi connectivity index (χ0v) is 16.6. The number of rotatable bonds is 12. The Morgan fingerprint density at radius 2 is 1.52 bits per heavy atom. The zero-order chi connectivity index (χ0) is 21.2. The fourth-order valence-corrected chi connectivity index (χ4v) is 3.43. The summed E-state index contributed by atoms with van der Waals surface area (Å²) in [4.78, 5) is 1.90. The van der Waals surface area contributed by atoms with E-state index in [0.29, 0.717) is 43.9 Å². The number of nitrogens with two attached hydrogens (primary N) is 2. The molecule has 0 radical (unpaired) electrons. The molecule has 0 amide bonds. The number of nitrogens with zero attached hydrogens (tertiary/aromatic N) is 1. The van der Waals surface area contributed by atoms with Crippen molar-refractivity contribution < 1.29 is 20.4 Å². The van der Waals surface area contributed by atoms with Crippen molar-refractivity contribution in [3.63, 3.8) is 0 Å². The van der Waals surface area contributed by atoms with Gasteiger partial charge in [-0.15, -0.1) is 0 Å². The van der Waals surface area contributed by atoms with Gasteiger partial charge >= 0.3 is 0 Å². The van der Waals surface area contributed by atoms with Crippen molar-refractivity contribution in [1.29, 1.82) is 0 Å². The molecule has 2 aromatic rings. The number of benzene rings is 2. The quantitative estimate of drug-likeness (QED) is 0.250. The van der Waals surface area contributed by atoms with Crippen molar-refractivity contribution in [3.8, 4) is 0 Å². The Labute approximate surface area is 171 Å². The molecule has 29 heavy (non-hydrogen) atoms. The predicted octanol–water partition coefficient (Wildman–Crippen LogP) is 0.324. The third kappa shape index (κ3) is 5.98. The summed E-state index contributed by atoms with van der Waals surface area (Å²) in [5.74, 6) is 0. The van der Waals surface area contributed by atoms with Gasteiger partial charge in [-0.2, -0.15) is 0 Å². The number of aliphatic hydroxyl groups excluding tert-OH is 4. The van der Waals surface area contributed by atoms with E-state index in [1.807, 2.05) is 29.2 Å². The smallest absolute Gasteiger partial charge is 0.0606 e. The Kier molecular flexibility index (Phi) is 9.01. The van der Waals surface area contributed by atoms with Crippen molar-refractivity contribution >= 4 is 22.7 Å². The summed E-state index contributed by atoms with van der Waals surface area (Å²) in [6, 6.07) is 9.46. The molecule has 0 saturated carbocycles. The Balaban J connectivity index is 2.25. The van der Waals surface area contributed by atoms with Gasteiger partial charge in [0.05, 0.1) is 13.2 Å². The van der Waals surface area contributed by atoms with Gasteiger partial charge in [0.1, 0.15) is 0 Å². The Bertz CT molecular complexity index is 780. The first-order chi connectivity index (χ1) is 14.0. The minimum absolute atomic E-state index is 0.00181. The number of hydrogen-bond acceptors (Lipinski definition) is 8. The van der Waals surface area contributed by atoms with Crippen LogP contribution in [-0.2, 0) is 19.4 Å². The van der Waals surface area contributed by atoms with E-state index in [4.69, 9.17) is 11.5 Å². The van der Waals surface area contributed by atoms with Gasteiger partial charge in [-0.25, -0.2) is 0 Å². The molecule has 0 spiro atoms. The molecule has 0 heterocycles. The molecular formula is C21H32N4O4.